The van der Waals surface area contributed by atoms with Crippen LogP contribution in [0.2, 0.25) is 0 Å². The molecule has 30 heavy (non-hydrogen) atoms. The lowest BCUT2D eigenvalue weighted by molar-refractivity contribution is 0.0322. The quantitative estimate of drug-likeness (QED) is 0.625. The van der Waals surface area contributed by atoms with E-state index in [0.29, 0.717) is 18.0 Å². The van der Waals surface area contributed by atoms with Gasteiger partial charge in [0.1, 0.15) is 23.8 Å². The second-order valence-corrected chi connectivity index (χ2v) is 7.32. The molecule has 3 aromatic rings. The lowest BCUT2D eigenvalue weighted by Crippen LogP contribution is -2.38. The normalized spacial score (nSPS) is 14.6. The lowest BCUT2D eigenvalue weighted by Gasteiger charge is -2.26. The van der Waals surface area contributed by atoms with Crippen molar-refractivity contribution in [3.8, 4) is 11.5 Å². The van der Waals surface area contributed by atoms with Gasteiger partial charge in [-0.05, 0) is 42.8 Å². The minimum Gasteiger partial charge on any atom is -0.497 e. The Labute approximate surface area is 175 Å². The Morgan fingerprint density at radius 1 is 1.17 bits per heavy atom. The number of morpholine rings is 1. The molecule has 7 nitrogen and oxygen atoms in total. The first kappa shape index (κ1) is 20.3. The minimum absolute atomic E-state index is 0.187. The van der Waals surface area contributed by atoms with E-state index in [0.717, 1.165) is 60.8 Å². The largest absolute Gasteiger partial charge is 0.497 e. The van der Waals surface area contributed by atoms with E-state index in [1.165, 1.54) is 0 Å². The fraction of sp³-hybridized carbons (Fsp3) is 0.348. The van der Waals surface area contributed by atoms with Gasteiger partial charge >= 0.3 is 0 Å². The number of methoxy groups -OCH3 is 1. The molecule has 0 unspecified atom stereocenters. The third-order valence-corrected chi connectivity index (χ3v) is 5.36. The van der Waals surface area contributed by atoms with E-state index < -0.39 is 0 Å². The Hall–Kier alpha value is -3.03. The Morgan fingerprint density at radius 3 is 2.80 bits per heavy atom. The predicted octanol–water partition coefficient (Wildman–Crippen LogP) is 3.45. The number of aromatic amines is 1. The molecular weight excluding hydrogens is 382 g/mol. The number of nitrogens with zero attached hydrogens (tertiary/aromatic N) is 1. The molecule has 1 saturated heterocycles. The number of fused-ring (bicyclic) bond motifs is 1. The molecule has 0 atom stereocenters. The highest BCUT2D eigenvalue weighted by molar-refractivity contribution is 6.08. The summed E-state index contributed by atoms with van der Waals surface area (Å²) in [5.74, 6) is 1.31. The smallest absolute Gasteiger partial charge is 0.272 e. The summed E-state index contributed by atoms with van der Waals surface area (Å²) in [4.78, 5) is 18.4. The van der Waals surface area contributed by atoms with Crippen molar-refractivity contribution < 1.29 is 19.0 Å². The van der Waals surface area contributed by atoms with Gasteiger partial charge in [-0.15, -0.1) is 0 Å². The fourth-order valence-electron chi connectivity index (χ4n) is 3.63. The molecule has 1 fully saturated rings. The number of hydrogen-bond donors (Lipinski definition) is 2. The van der Waals surface area contributed by atoms with Crippen molar-refractivity contribution in [2.75, 3.05) is 51.9 Å². The lowest BCUT2D eigenvalue weighted by atomic mass is 10.1. The van der Waals surface area contributed by atoms with Gasteiger partial charge in [-0.25, -0.2) is 0 Å². The molecule has 2 heterocycles. The molecule has 158 valence electrons. The number of aromatic nitrogens is 1. The number of ether oxygens (including phenoxy) is 3. The summed E-state index contributed by atoms with van der Waals surface area (Å²) >= 11 is 0. The van der Waals surface area contributed by atoms with Crippen molar-refractivity contribution >= 4 is 22.5 Å². The van der Waals surface area contributed by atoms with Gasteiger partial charge in [0.05, 0.1) is 20.3 Å². The Balaban J connectivity index is 1.40. The summed E-state index contributed by atoms with van der Waals surface area (Å²) in [6, 6.07) is 13.2. The van der Waals surface area contributed by atoms with Crippen LogP contribution in [0.5, 0.6) is 11.5 Å². The van der Waals surface area contributed by atoms with Crippen LogP contribution >= 0.6 is 0 Å². The molecule has 7 heteroatoms. The standard InChI is InChI=1S/C23H27N3O4/c1-16-20-15-18(28-2)6-7-21(20)25-22(16)23(27)24-17-4-3-5-19(14-17)30-13-10-26-8-11-29-12-9-26/h3-7,14-15,25H,8-13H2,1-2H3,(H,24,27). The molecule has 4 rings (SSSR count). The molecule has 0 aliphatic carbocycles. The van der Waals surface area contributed by atoms with E-state index in [1.54, 1.807) is 7.11 Å². The molecule has 0 saturated carbocycles. The Bertz CT molecular complexity index is 1020. The van der Waals surface area contributed by atoms with E-state index >= 15 is 0 Å². The summed E-state index contributed by atoms with van der Waals surface area (Å²) < 4.78 is 16.5. The van der Waals surface area contributed by atoms with Gasteiger partial charge in [-0.2, -0.15) is 0 Å². The summed E-state index contributed by atoms with van der Waals surface area (Å²) in [7, 11) is 1.63. The number of anilines is 1. The van der Waals surface area contributed by atoms with Gasteiger partial charge in [0.2, 0.25) is 0 Å². The van der Waals surface area contributed by atoms with Gasteiger partial charge < -0.3 is 24.5 Å². The number of nitrogens with one attached hydrogen (secondary N) is 2. The maximum atomic E-state index is 12.9. The molecule has 2 N–H and O–H groups in total. The summed E-state index contributed by atoms with van der Waals surface area (Å²) in [6.45, 7) is 6.82. The Morgan fingerprint density at radius 2 is 2.00 bits per heavy atom. The topological polar surface area (TPSA) is 75.8 Å². The van der Waals surface area contributed by atoms with E-state index in [1.807, 2.05) is 49.4 Å². The molecule has 1 aromatic heterocycles. The molecule has 1 aliphatic rings. The van der Waals surface area contributed by atoms with Crippen LogP contribution < -0.4 is 14.8 Å². The zero-order valence-corrected chi connectivity index (χ0v) is 17.4. The van der Waals surface area contributed by atoms with Crippen molar-refractivity contribution in [1.82, 2.24) is 9.88 Å². The Kier molecular flexibility index (Phi) is 6.21. The highest BCUT2D eigenvalue weighted by atomic mass is 16.5. The van der Waals surface area contributed by atoms with Gasteiger partial charge in [0.15, 0.2) is 0 Å². The monoisotopic (exact) mass is 409 g/mol. The summed E-state index contributed by atoms with van der Waals surface area (Å²) in [6.07, 6.45) is 0. The van der Waals surface area contributed by atoms with E-state index in [9.17, 15) is 4.79 Å². The van der Waals surface area contributed by atoms with E-state index in [4.69, 9.17) is 14.2 Å². The number of aryl methyl sites for hydroxylation is 1. The van der Waals surface area contributed by atoms with E-state index in [2.05, 4.69) is 15.2 Å². The van der Waals surface area contributed by atoms with Gasteiger partial charge in [-0.3, -0.25) is 9.69 Å². The van der Waals surface area contributed by atoms with Crippen molar-refractivity contribution in [2.24, 2.45) is 0 Å². The zero-order valence-electron chi connectivity index (χ0n) is 17.4. The maximum Gasteiger partial charge on any atom is 0.272 e. The van der Waals surface area contributed by atoms with Crippen LogP contribution in [0, 0.1) is 6.92 Å². The van der Waals surface area contributed by atoms with Crippen molar-refractivity contribution in [3.63, 3.8) is 0 Å². The zero-order chi connectivity index (χ0) is 20.9. The van der Waals surface area contributed by atoms with Crippen molar-refractivity contribution in [3.05, 3.63) is 53.7 Å². The number of rotatable bonds is 7. The van der Waals surface area contributed by atoms with Crippen LogP contribution in [0.4, 0.5) is 5.69 Å². The van der Waals surface area contributed by atoms with Crippen LogP contribution in [-0.4, -0.2) is 62.4 Å². The molecule has 1 aliphatic heterocycles. The van der Waals surface area contributed by atoms with Crippen molar-refractivity contribution in [1.29, 1.82) is 0 Å². The second kappa shape index (κ2) is 9.19. The third kappa shape index (κ3) is 4.58. The van der Waals surface area contributed by atoms with Crippen molar-refractivity contribution in [2.45, 2.75) is 6.92 Å². The average Bonchev–Trinajstić information content (AvgIpc) is 3.11. The molecule has 2 aromatic carbocycles. The van der Waals surface area contributed by atoms with Crippen LogP contribution in [0.1, 0.15) is 16.1 Å². The SMILES string of the molecule is COc1ccc2[nH]c(C(=O)Nc3cccc(OCCN4CCOCC4)c3)c(C)c2c1. The van der Waals surface area contributed by atoms with Gasteiger partial charge in [0, 0.05) is 42.3 Å². The van der Waals surface area contributed by atoms with Gasteiger partial charge in [0.25, 0.3) is 5.91 Å². The number of H-pyrrole nitrogens is 1. The number of carbonyl (C=O) groups excluding carboxylic acids is 1. The predicted molar refractivity (Wildman–Crippen MR) is 117 cm³/mol. The maximum absolute atomic E-state index is 12.9. The first-order valence-corrected chi connectivity index (χ1v) is 10.1. The van der Waals surface area contributed by atoms with Crippen LogP contribution in [-0.2, 0) is 4.74 Å². The molecule has 0 spiro atoms. The highest BCUT2D eigenvalue weighted by Crippen LogP contribution is 2.27. The first-order chi connectivity index (χ1) is 14.6. The molecule has 0 radical (unpaired) electrons. The minimum atomic E-state index is -0.187. The number of hydrogen-bond acceptors (Lipinski definition) is 5. The van der Waals surface area contributed by atoms with Crippen LogP contribution in [0.25, 0.3) is 10.9 Å². The van der Waals surface area contributed by atoms with E-state index in [-0.39, 0.29) is 5.91 Å². The fourth-order valence-corrected chi connectivity index (χ4v) is 3.63. The third-order valence-electron chi connectivity index (χ3n) is 5.36. The average molecular weight is 409 g/mol. The van der Waals surface area contributed by atoms with Gasteiger partial charge in [-0.1, -0.05) is 6.07 Å². The van der Waals surface area contributed by atoms with Crippen LogP contribution in [0.15, 0.2) is 42.5 Å². The molecule has 1 amide bonds. The molecule has 0 bridgehead atoms. The second-order valence-electron chi connectivity index (χ2n) is 7.32. The summed E-state index contributed by atoms with van der Waals surface area (Å²) in [5, 5.41) is 3.93. The number of benzene rings is 2. The highest BCUT2D eigenvalue weighted by Gasteiger charge is 2.16. The summed E-state index contributed by atoms with van der Waals surface area (Å²) in [5.41, 5.74) is 3.02. The number of carbonyl (C=O) groups is 1. The number of amides is 1. The first-order valence-electron chi connectivity index (χ1n) is 10.1. The van der Waals surface area contributed by atoms with Crippen LogP contribution in [0.3, 0.4) is 0 Å². The molecular formula is C23H27N3O4.